The fourth-order valence-corrected chi connectivity index (χ4v) is 3.90. The van der Waals surface area contributed by atoms with E-state index in [4.69, 9.17) is 14.9 Å². The van der Waals surface area contributed by atoms with Crippen molar-refractivity contribution in [1.82, 2.24) is 9.55 Å². The average Bonchev–Trinajstić information content (AvgIpc) is 3.21. The second kappa shape index (κ2) is 7.72. The van der Waals surface area contributed by atoms with Crippen molar-refractivity contribution in [2.24, 2.45) is 7.05 Å². The van der Waals surface area contributed by atoms with E-state index in [1.54, 1.807) is 37.3 Å². The van der Waals surface area contributed by atoms with E-state index in [-0.39, 0.29) is 24.6 Å². The Kier molecular flexibility index (Phi) is 5.09. The fourth-order valence-electron chi connectivity index (χ4n) is 3.90. The van der Waals surface area contributed by atoms with Gasteiger partial charge >= 0.3 is 0 Å². The van der Waals surface area contributed by atoms with Gasteiger partial charge in [-0.05, 0) is 18.6 Å². The van der Waals surface area contributed by atoms with Crippen molar-refractivity contribution in [3.8, 4) is 11.5 Å². The number of nitrogens with one attached hydrogen (secondary N) is 1. The van der Waals surface area contributed by atoms with E-state index < -0.39 is 6.04 Å². The summed E-state index contributed by atoms with van der Waals surface area (Å²) in [6, 6.07) is 12.3. The van der Waals surface area contributed by atoms with Gasteiger partial charge in [0, 0.05) is 31.9 Å². The summed E-state index contributed by atoms with van der Waals surface area (Å²) in [5, 5.41) is 29.6. The second-order valence-corrected chi connectivity index (χ2v) is 7.06. The van der Waals surface area contributed by atoms with Gasteiger partial charge in [-0.3, -0.25) is 5.41 Å². The first kappa shape index (κ1) is 19.8. The lowest BCUT2D eigenvalue weighted by atomic mass is 10.1. The third-order valence-electron chi connectivity index (χ3n) is 5.39. The number of aliphatic hydroxyl groups is 2. The van der Waals surface area contributed by atoms with Crippen molar-refractivity contribution in [3.05, 3.63) is 54.0 Å². The van der Waals surface area contributed by atoms with E-state index in [0.717, 1.165) is 11.0 Å². The average molecular weight is 408 g/mol. The van der Waals surface area contributed by atoms with Crippen molar-refractivity contribution in [2.75, 3.05) is 25.7 Å². The lowest BCUT2D eigenvalue weighted by molar-refractivity contribution is 0.265. The van der Waals surface area contributed by atoms with Crippen LogP contribution in [0.15, 0.2) is 48.2 Å². The van der Waals surface area contributed by atoms with Gasteiger partial charge < -0.3 is 29.2 Å². The summed E-state index contributed by atoms with van der Waals surface area (Å²) in [5.41, 5.74) is 2.65. The molecule has 1 aromatic heterocycles. The minimum absolute atomic E-state index is 0.00856. The van der Waals surface area contributed by atoms with E-state index in [9.17, 15) is 10.2 Å². The standard InChI is InChI=1S/C22H24N4O4/c1-25-17-7-5-4-6-16(17)24-22(25)19-20(28)18(8-9-27)26(21(19)23)13-10-14(29-2)12-15(11-13)30-3/h4-7,10-12,18,23,27-28H,8-9H2,1-3H3. The number of nitrogens with zero attached hydrogens (tertiary/aromatic N) is 3. The van der Waals surface area contributed by atoms with Gasteiger partial charge in [0.25, 0.3) is 0 Å². The maximum Gasteiger partial charge on any atom is 0.148 e. The number of hydrogen-bond acceptors (Lipinski definition) is 6. The maximum absolute atomic E-state index is 11.1. The molecule has 1 unspecified atom stereocenters. The topological polar surface area (TPSA) is 104 Å². The minimum Gasteiger partial charge on any atom is -0.509 e. The number of amidine groups is 1. The molecule has 2 aromatic carbocycles. The van der Waals surface area contributed by atoms with Gasteiger partial charge in [0.15, 0.2) is 0 Å². The van der Waals surface area contributed by atoms with Crippen LogP contribution in [0.2, 0.25) is 0 Å². The third kappa shape index (κ3) is 3.05. The molecule has 0 spiro atoms. The van der Waals surface area contributed by atoms with Gasteiger partial charge in [-0.25, -0.2) is 4.98 Å². The van der Waals surface area contributed by atoms with Crippen molar-refractivity contribution < 1.29 is 19.7 Å². The Morgan fingerprint density at radius 1 is 1.10 bits per heavy atom. The zero-order valence-corrected chi connectivity index (χ0v) is 17.1. The number of aryl methyl sites for hydroxylation is 1. The predicted octanol–water partition coefficient (Wildman–Crippen LogP) is 3.11. The number of anilines is 1. The van der Waals surface area contributed by atoms with Crippen LogP contribution in [0.1, 0.15) is 12.2 Å². The Morgan fingerprint density at radius 3 is 2.37 bits per heavy atom. The first-order valence-corrected chi connectivity index (χ1v) is 9.57. The van der Waals surface area contributed by atoms with E-state index >= 15 is 0 Å². The molecule has 4 rings (SSSR count). The lowest BCUT2D eigenvalue weighted by Crippen LogP contribution is -2.36. The minimum atomic E-state index is -0.603. The molecule has 30 heavy (non-hydrogen) atoms. The Balaban J connectivity index is 1.86. The molecule has 0 fully saturated rings. The molecule has 0 aliphatic carbocycles. The van der Waals surface area contributed by atoms with Crippen LogP contribution >= 0.6 is 0 Å². The molecule has 1 aliphatic rings. The number of rotatable bonds is 6. The Bertz CT molecular complexity index is 1130. The molecule has 0 saturated carbocycles. The van der Waals surface area contributed by atoms with Crippen LogP contribution in [-0.4, -0.2) is 52.5 Å². The predicted molar refractivity (Wildman–Crippen MR) is 116 cm³/mol. The summed E-state index contributed by atoms with van der Waals surface area (Å²) in [4.78, 5) is 6.32. The molecular formula is C22H24N4O4. The van der Waals surface area contributed by atoms with Crippen molar-refractivity contribution in [2.45, 2.75) is 12.5 Å². The molecule has 156 valence electrons. The van der Waals surface area contributed by atoms with E-state index in [1.165, 1.54) is 0 Å². The summed E-state index contributed by atoms with van der Waals surface area (Å²) in [7, 11) is 4.97. The van der Waals surface area contributed by atoms with Gasteiger partial charge in [-0.15, -0.1) is 0 Å². The number of aliphatic hydroxyl groups excluding tert-OH is 2. The van der Waals surface area contributed by atoms with Crippen molar-refractivity contribution in [1.29, 1.82) is 5.41 Å². The van der Waals surface area contributed by atoms with E-state index in [1.807, 2.05) is 35.9 Å². The van der Waals surface area contributed by atoms with Crippen LogP contribution in [0.4, 0.5) is 5.69 Å². The summed E-state index contributed by atoms with van der Waals surface area (Å²) >= 11 is 0. The highest BCUT2D eigenvalue weighted by Gasteiger charge is 2.40. The molecule has 3 aromatic rings. The highest BCUT2D eigenvalue weighted by molar-refractivity contribution is 6.31. The molecule has 3 N–H and O–H groups in total. The van der Waals surface area contributed by atoms with Gasteiger partial charge in [-0.1, -0.05) is 12.1 Å². The highest BCUT2D eigenvalue weighted by Crippen LogP contribution is 2.39. The molecule has 1 aliphatic heterocycles. The van der Waals surface area contributed by atoms with Crippen LogP contribution in [-0.2, 0) is 7.05 Å². The second-order valence-electron chi connectivity index (χ2n) is 7.06. The zero-order chi connectivity index (χ0) is 21.4. The van der Waals surface area contributed by atoms with Crippen LogP contribution in [0, 0.1) is 5.41 Å². The van der Waals surface area contributed by atoms with Crippen LogP contribution in [0.3, 0.4) is 0 Å². The highest BCUT2D eigenvalue weighted by atomic mass is 16.5. The number of aromatic nitrogens is 2. The van der Waals surface area contributed by atoms with Gasteiger partial charge in [0.2, 0.25) is 0 Å². The van der Waals surface area contributed by atoms with Gasteiger partial charge in [0.05, 0.1) is 42.6 Å². The molecule has 0 bridgehead atoms. The lowest BCUT2D eigenvalue weighted by Gasteiger charge is -2.27. The van der Waals surface area contributed by atoms with Crippen molar-refractivity contribution in [3.63, 3.8) is 0 Å². The van der Waals surface area contributed by atoms with E-state index in [0.29, 0.717) is 28.6 Å². The molecule has 8 heteroatoms. The number of fused-ring (bicyclic) bond motifs is 1. The van der Waals surface area contributed by atoms with Crippen LogP contribution in [0.25, 0.3) is 16.6 Å². The first-order valence-electron chi connectivity index (χ1n) is 9.57. The molecule has 0 amide bonds. The monoisotopic (exact) mass is 408 g/mol. The number of hydrogen-bond donors (Lipinski definition) is 3. The molecule has 8 nitrogen and oxygen atoms in total. The zero-order valence-electron chi connectivity index (χ0n) is 17.1. The SMILES string of the molecule is COc1cc(OC)cc(N2C(=N)C(c3nc4ccccc4n3C)=C(O)C2CCO)c1. The number of imidazole rings is 1. The smallest absolute Gasteiger partial charge is 0.148 e. The Labute approximate surface area is 174 Å². The molecular weight excluding hydrogens is 384 g/mol. The largest absolute Gasteiger partial charge is 0.509 e. The Morgan fingerprint density at radius 2 is 1.77 bits per heavy atom. The van der Waals surface area contributed by atoms with Crippen LogP contribution < -0.4 is 14.4 Å². The Hall–Kier alpha value is -3.52. The maximum atomic E-state index is 11.1. The first-order chi connectivity index (χ1) is 14.5. The number of benzene rings is 2. The quantitative estimate of drug-likeness (QED) is 0.579. The molecule has 1 atom stereocenters. The molecule has 0 radical (unpaired) electrons. The number of ether oxygens (including phenoxy) is 2. The summed E-state index contributed by atoms with van der Waals surface area (Å²) in [6.45, 7) is -0.143. The molecule has 2 heterocycles. The van der Waals surface area contributed by atoms with Crippen LogP contribution in [0.5, 0.6) is 11.5 Å². The normalized spacial score (nSPS) is 16.6. The van der Waals surface area contributed by atoms with Crippen molar-refractivity contribution >= 4 is 28.1 Å². The van der Waals surface area contributed by atoms with E-state index in [2.05, 4.69) is 4.98 Å². The summed E-state index contributed by atoms with van der Waals surface area (Å²) < 4.78 is 12.6. The van der Waals surface area contributed by atoms with Gasteiger partial charge in [0.1, 0.15) is 28.9 Å². The summed E-state index contributed by atoms with van der Waals surface area (Å²) in [5.74, 6) is 1.74. The molecule has 0 saturated heterocycles. The van der Waals surface area contributed by atoms with Gasteiger partial charge in [-0.2, -0.15) is 0 Å². The fraction of sp³-hybridized carbons (Fsp3) is 0.273. The summed E-state index contributed by atoms with van der Waals surface area (Å²) in [6.07, 6.45) is 0.251. The number of para-hydroxylation sites is 2. The third-order valence-corrected chi connectivity index (χ3v) is 5.39. The number of methoxy groups -OCH3 is 2.